The number of carbonyl (C=O) groups excluding carboxylic acids is 1. The molecule has 5 heteroatoms. The highest BCUT2D eigenvalue weighted by atomic mass is 16.5. The predicted octanol–water partition coefficient (Wildman–Crippen LogP) is 5.41. The lowest BCUT2D eigenvalue weighted by Gasteiger charge is -2.28. The molecule has 0 spiro atoms. The first-order valence-electron chi connectivity index (χ1n) is 11.5. The second-order valence-corrected chi connectivity index (χ2v) is 8.62. The number of likely N-dealkylation sites (tertiary alicyclic amines) is 1. The van der Waals surface area contributed by atoms with Crippen LogP contribution in [0.2, 0.25) is 0 Å². The maximum atomic E-state index is 12.7. The molecule has 1 fully saturated rings. The average molecular weight is 436 g/mol. The molecule has 4 rings (SSSR count). The van der Waals surface area contributed by atoms with Crippen LogP contribution >= 0.6 is 0 Å². The maximum absolute atomic E-state index is 12.7. The summed E-state index contributed by atoms with van der Waals surface area (Å²) >= 11 is 0. The monoisotopic (exact) mass is 435 g/mol. The van der Waals surface area contributed by atoms with Crippen LogP contribution in [0.25, 0.3) is 0 Å². The van der Waals surface area contributed by atoms with Crippen molar-refractivity contribution in [3.8, 4) is 0 Å². The molecule has 0 bridgehead atoms. The van der Waals surface area contributed by atoms with E-state index in [0.29, 0.717) is 19.6 Å². The van der Waals surface area contributed by atoms with Crippen molar-refractivity contribution in [3.05, 3.63) is 82.5 Å². The van der Waals surface area contributed by atoms with Crippen LogP contribution in [0.5, 0.6) is 0 Å². The van der Waals surface area contributed by atoms with Crippen LogP contribution < -0.4 is 0 Å². The molecule has 1 atom stereocenters. The van der Waals surface area contributed by atoms with Crippen LogP contribution in [0.4, 0.5) is 0 Å². The minimum atomic E-state index is 0.237. The third-order valence-electron chi connectivity index (χ3n) is 6.46. The summed E-state index contributed by atoms with van der Waals surface area (Å²) in [5.41, 5.74) is 3.67. The number of benzene rings is 1. The van der Waals surface area contributed by atoms with E-state index in [0.717, 1.165) is 55.8 Å². The van der Waals surface area contributed by atoms with Gasteiger partial charge >= 0.3 is 0 Å². The van der Waals surface area contributed by atoms with Crippen LogP contribution in [0, 0.1) is 0 Å². The normalized spacial score (nSPS) is 21.2. The molecule has 1 aromatic carbocycles. The van der Waals surface area contributed by atoms with Gasteiger partial charge in [-0.3, -0.25) is 4.79 Å². The van der Waals surface area contributed by atoms with Crippen molar-refractivity contribution in [2.45, 2.75) is 57.6 Å². The van der Waals surface area contributed by atoms with Gasteiger partial charge in [0.25, 0.3) is 0 Å². The molecule has 1 amide bonds. The van der Waals surface area contributed by atoms with Gasteiger partial charge < -0.3 is 19.1 Å². The zero-order valence-corrected chi connectivity index (χ0v) is 19.1. The third-order valence-corrected chi connectivity index (χ3v) is 6.46. The van der Waals surface area contributed by atoms with Gasteiger partial charge in [0, 0.05) is 31.8 Å². The van der Waals surface area contributed by atoms with E-state index in [1.54, 1.807) is 14.2 Å². The molecule has 0 aromatic heterocycles. The van der Waals surface area contributed by atoms with Gasteiger partial charge in [-0.05, 0) is 49.0 Å². The Hall–Kier alpha value is -2.95. The average Bonchev–Trinajstić information content (AvgIpc) is 3.17. The molecule has 0 N–H and O–H groups in total. The summed E-state index contributed by atoms with van der Waals surface area (Å²) in [6.45, 7) is 1.24. The molecule has 0 saturated carbocycles. The Labute approximate surface area is 191 Å². The van der Waals surface area contributed by atoms with Crippen molar-refractivity contribution in [2.24, 2.45) is 0 Å². The van der Waals surface area contributed by atoms with Crippen molar-refractivity contribution in [1.82, 2.24) is 4.90 Å². The number of ether oxygens (including phenoxy) is 3. The number of rotatable bonds is 9. The van der Waals surface area contributed by atoms with Gasteiger partial charge in [0.05, 0.1) is 20.0 Å². The molecule has 0 unspecified atom stereocenters. The largest absolute Gasteiger partial charge is 0.497 e. The molecule has 1 saturated heterocycles. The van der Waals surface area contributed by atoms with Crippen molar-refractivity contribution in [2.75, 3.05) is 20.8 Å². The van der Waals surface area contributed by atoms with Crippen LogP contribution in [-0.2, 0) is 25.6 Å². The summed E-state index contributed by atoms with van der Waals surface area (Å²) in [4.78, 5) is 14.7. The Bertz CT molecular complexity index is 942. The van der Waals surface area contributed by atoms with E-state index in [1.807, 2.05) is 18.2 Å². The molecule has 1 aliphatic heterocycles. The molecule has 32 heavy (non-hydrogen) atoms. The smallest absolute Gasteiger partial charge is 0.223 e. The van der Waals surface area contributed by atoms with Gasteiger partial charge in [-0.2, -0.15) is 0 Å². The zero-order valence-electron chi connectivity index (χ0n) is 19.1. The zero-order chi connectivity index (χ0) is 22.3. The summed E-state index contributed by atoms with van der Waals surface area (Å²) in [6.07, 6.45) is 12.6. The topological polar surface area (TPSA) is 48.0 Å². The van der Waals surface area contributed by atoms with Crippen LogP contribution in [0.15, 0.2) is 77.0 Å². The number of hydrogen-bond acceptors (Lipinski definition) is 4. The van der Waals surface area contributed by atoms with E-state index >= 15 is 0 Å². The van der Waals surface area contributed by atoms with Gasteiger partial charge in [0.1, 0.15) is 12.4 Å². The SMILES string of the molecule is COC1=C(OC)CCC(C[C@@H]2CCC(=O)N2CC2=CCCC(OCc3ccccc3)=C2)=C1. The van der Waals surface area contributed by atoms with Crippen molar-refractivity contribution in [1.29, 1.82) is 0 Å². The molecule has 1 heterocycles. The standard InChI is InChI=1S/C27H33NO4/c1-30-25-13-11-21(17-26(25)31-2)15-23-12-14-27(29)28(23)18-22-9-6-10-24(16-22)32-19-20-7-4-3-5-8-20/h3-5,7-9,16-17,23H,6,10-15,18-19H2,1-2H3/t23-/m0/s1. The van der Waals surface area contributed by atoms with Gasteiger partial charge in [-0.15, -0.1) is 0 Å². The number of carbonyl (C=O) groups is 1. The number of methoxy groups -OCH3 is 2. The minimum absolute atomic E-state index is 0.237. The van der Waals surface area contributed by atoms with Gasteiger partial charge in [0.15, 0.2) is 5.76 Å². The summed E-state index contributed by atoms with van der Waals surface area (Å²) < 4.78 is 17.0. The van der Waals surface area contributed by atoms with Crippen LogP contribution in [0.1, 0.15) is 50.5 Å². The minimum Gasteiger partial charge on any atom is -0.497 e. The number of nitrogens with zero attached hydrogens (tertiary/aromatic N) is 1. The molecule has 3 aliphatic rings. The maximum Gasteiger partial charge on any atom is 0.223 e. The van der Waals surface area contributed by atoms with E-state index < -0.39 is 0 Å². The summed E-state index contributed by atoms with van der Waals surface area (Å²) in [5.74, 6) is 2.96. The predicted molar refractivity (Wildman–Crippen MR) is 124 cm³/mol. The Morgan fingerprint density at radius 3 is 2.62 bits per heavy atom. The van der Waals surface area contributed by atoms with Crippen LogP contribution in [0.3, 0.4) is 0 Å². The fourth-order valence-electron chi connectivity index (χ4n) is 4.71. The lowest BCUT2D eigenvalue weighted by molar-refractivity contribution is -0.128. The molecule has 2 aliphatic carbocycles. The molecular weight excluding hydrogens is 402 g/mol. The Balaban J connectivity index is 1.38. The van der Waals surface area contributed by atoms with Crippen molar-refractivity contribution in [3.63, 3.8) is 0 Å². The van der Waals surface area contributed by atoms with Gasteiger partial charge in [-0.1, -0.05) is 42.0 Å². The van der Waals surface area contributed by atoms with E-state index in [9.17, 15) is 4.79 Å². The first-order chi connectivity index (χ1) is 15.7. The molecular formula is C27H33NO4. The Morgan fingerprint density at radius 2 is 1.84 bits per heavy atom. The lowest BCUT2D eigenvalue weighted by atomic mass is 9.95. The lowest BCUT2D eigenvalue weighted by Crippen LogP contribution is -2.35. The fraction of sp³-hybridized carbons (Fsp3) is 0.444. The molecule has 0 radical (unpaired) electrons. The molecule has 170 valence electrons. The Morgan fingerprint density at radius 1 is 1.00 bits per heavy atom. The van der Waals surface area contributed by atoms with Gasteiger partial charge in [0.2, 0.25) is 5.91 Å². The first kappa shape index (κ1) is 22.3. The highest BCUT2D eigenvalue weighted by Crippen LogP contribution is 2.32. The first-order valence-corrected chi connectivity index (χ1v) is 11.5. The third kappa shape index (κ3) is 5.45. The quantitative estimate of drug-likeness (QED) is 0.520. The Kier molecular flexibility index (Phi) is 7.35. The second kappa shape index (κ2) is 10.6. The van der Waals surface area contributed by atoms with E-state index in [2.05, 4.69) is 35.3 Å². The molecule has 1 aromatic rings. The number of allylic oxidation sites excluding steroid dienone is 4. The summed E-state index contributed by atoms with van der Waals surface area (Å²) in [7, 11) is 3.37. The highest BCUT2D eigenvalue weighted by molar-refractivity contribution is 5.79. The van der Waals surface area contributed by atoms with Crippen LogP contribution in [-0.4, -0.2) is 37.6 Å². The summed E-state index contributed by atoms with van der Waals surface area (Å²) in [6, 6.07) is 10.5. The van der Waals surface area contributed by atoms with E-state index in [-0.39, 0.29) is 11.9 Å². The number of hydrogen-bond donors (Lipinski definition) is 0. The van der Waals surface area contributed by atoms with E-state index in [4.69, 9.17) is 14.2 Å². The fourth-order valence-corrected chi connectivity index (χ4v) is 4.71. The van der Waals surface area contributed by atoms with Crippen molar-refractivity contribution >= 4 is 5.91 Å². The van der Waals surface area contributed by atoms with Crippen molar-refractivity contribution < 1.29 is 19.0 Å². The van der Waals surface area contributed by atoms with E-state index in [1.165, 1.54) is 16.7 Å². The highest BCUT2D eigenvalue weighted by Gasteiger charge is 2.32. The molecule has 5 nitrogen and oxygen atoms in total. The van der Waals surface area contributed by atoms with Gasteiger partial charge in [-0.25, -0.2) is 0 Å². The second-order valence-electron chi connectivity index (χ2n) is 8.62. The number of amides is 1. The summed E-state index contributed by atoms with van der Waals surface area (Å²) in [5, 5.41) is 0.